The van der Waals surface area contributed by atoms with Crippen LogP contribution in [0.3, 0.4) is 0 Å². The number of thiocarbonyl (C=S) groups is 1. The molecule has 0 amide bonds. The summed E-state index contributed by atoms with van der Waals surface area (Å²) in [5, 5.41) is 5.01. The van der Waals surface area contributed by atoms with Gasteiger partial charge in [-0.1, -0.05) is 81.4 Å². The number of isothiocyanates is 1. The number of benzene rings is 2. The number of hydrogen-bond acceptors (Lipinski definition) is 3. The summed E-state index contributed by atoms with van der Waals surface area (Å²) in [4.78, 5) is 4.16. The van der Waals surface area contributed by atoms with Crippen LogP contribution in [0.2, 0.25) is 5.04 Å². The SMILES string of the molecule is C[C@@H](CO[Si](c1ccccc1)(c1ccccc1)C(C)(C)C)N=C=S. The molecule has 126 valence electrons. The molecule has 0 aliphatic rings. The quantitative estimate of drug-likeness (QED) is 0.443. The lowest BCUT2D eigenvalue weighted by atomic mass is 10.2. The molecule has 0 aliphatic carbocycles. The van der Waals surface area contributed by atoms with E-state index < -0.39 is 8.32 Å². The highest BCUT2D eigenvalue weighted by atomic mass is 32.1. The van der Waals surface area contributed by atoms with Crippen molar-refractivity contribution in [2.24, 2.45) is 4.99 Å². The predicted octanol–water partition coefficient (Wildman–Crippen LogP) is 4.05. The molecule has 2 aromatic rings. The number of hydrogen-bond donors (Lipinski definition) is 0. The summed E-state index contributed by atoms with van der Waals surface area (Å²) >= 11 is 4.74. The van der Waals surface area contributed by atoms with E-state index in [4.69, 9.17) is 16.6 Å². The Labute approximate surface area is 151 Å². The standard InChI is InChI=1S/C20H25NOSSi/c1-17(21-16-23)15-22-24(20(2,3)4,18-11-7-5-8-12-18)19-13-9-6-10-14-19/h5-14,17H,15H2,1-4H3/t17-/m0/s1. The van der Waals surface area contributed by atoms with Crippen LogP contribution in [0.5, 0.6) is 0 Å². The molecule has 0 N–H and O–H groups in total. The van der Waals surface area contributed by atoms with Gasteiger partial charge in [-0.2, -0.15) is 0 Å². The first-order valence-electron chi connectivity index (χ1n) is 8.24. The second kappa shape index (κ2) is 7.99. The molecule has 0 fully saturated rings. The van der Waals surface area contributed by atoms with Crippen molar-refractivity contribution in [3.8, 4) is 0 Å². The molecular weight excluding hydrogens is 330 g/mol. The maximum Gasteiger partial charge on any atom is 0.261 e. The molecule has 2 rings (SSSR count). The molecule has 2 nitrogen and oxygen atoms in total. The van der Waals surface area contributed by atoms with Crippen molar-refractivity contribution in [3.63, 3.8) is 0 Å². The summed E-state index contributed by atoms with van der Waals surface area (Å²) in [6, 6.07) is 21.2. The van der Waals surface area contributed by atoms with Crippen LogP contribution in [0.15, 0.2) is 65.7 Å². The Morgan fingerprint density at radius 1 is 1.00 bits per heavy atom. The van der Waals surface area contributed by atoms with Crippen LogP contribution in [-0.4, -0.2) is 26.1 Å². The van der Waals surface area contributed by atoms with Crippen molar-refractivity contribution in [3.05, 3.63) is 60.7 Å². The van der Waals surface area contributed by atoms with Crippen LogP contribution >= 0.6 is 12.2 Å². The second-order valence-corrected chi connectivity index (χ2v) is 11.5. The Kier molecular flexibility index (Phi) is 6.25. The van der Waals surface area contributed by atoms with Crippen molar-refractivity contribution in [1.82, 2.24) is 0 Å². The molecule has 0 heterocycles. The van der Waals surface area contributed by atoms with E-state index in [-0.39, 0.29) is 11.1 Å². The normalized spacial score (nSPS) is 13.2. The van der Waals surface area contributed by atoms with Crippen LogP contribution in [0.25, 0.3) is 0 Å². The van der Waals surface area contributed by atoms with Gasteiger partial charge in [0.15, 0.2) is 0 Å². The highest BCUT2D eigenvalue weighted by Gasteiger charge is 2.50. The number of rotatable bonds is 6. The van der Waals surface area contributed by atoms with Crippen LogP contribution in [0, 0.1) is 0 Å². The van der Waals surface area contributed by atoms with E-state index in [1.807, 2.05) is 6.92 Å². The maximum atomic E-state index is 6.74. The van der Waals surface area contributed by atoms with E-state index >= 15 is 0 Å². The minimum atomic E-state index is -2.46. The zero-order valence-electron chi connectivity index (χ0n) is 14.8. The Morgan fingerprint density at radius 3 is 1.83 bits per heavy atom. The zero-order chi connectivity index (χ0) is 17.6. The molecule has 0 saturated carbocycles. The summed E-state index contributed by atoms with van der Waals surface area (Å²) < 4.78 is 6.74. The Balaban J connectivity index is 2.59. The molecule has 0 aromatic heterocycles. The van der Waals surface area contributed by atoms with Gasteiger partial charge in [0.2, 0.25) is 0 Å². The fraction of sp³-hybridized carbons (Fsp3) is 0.350. The topological polar surface area (TPSA) is 21.6 Å². The van der Waals surface area contributed by atoms with Crippen LogP contribution < -0.4 is 10.4 Å². The summed E-state index contributed by atoms with van der Waals surface area (Å²) in [6.45, 7) is 9.36. The average Bonchev–Trinajstić information content (AvgIpc) is 2.56. The van der Waals surface area contributed by atoms with Crippen molar-refractivity contribution < 1.29 is 4.43 Å². The van der Waals surface area contributed by atoms with Gasteiger partial charge in [-0.05, 0) is 34.6 Å². The van der Waals surface area contributed by atoms with Crippen molar-refractivity contribution in [1.29, 1.82) is 0 Å². The molecule has 0 bridgehead atoms. The van der Waals surface area contributed by atoms with Crippen molar-refractivity contribution in [2.75, 3.05) is 6.61 Å². The van der Waals surface area contributed by atoms with Gasteiger partial charge in [-0.3, -0.25) is 0 Å². The minimum absolute atomic E-state index is 0.00384. The highest BCUT2D eigenvalue weighted by molar-refractivity contribution is 7.78. The lowest BCUT2D eigenvalue weighted by molar-refractivity contribution is 0.280. The Bertz CT molecular complexity index is 651. The molecule has 4 heteroatoms. The van der Waals surface area contributed by atoms with Gasteiger partial charge >= 0.3 is 0 Å². The first-order chi connectivity index (χ1) is 11.4. The van der Waals surface area contributed by atoms with Crippen LogP contribution in [0.1, 0.15) is 27.7 Å². The number of aliphatic imine (C=N–C) groups is 1. The monoisotopic (exact) mass is 355 g/mol. The first-order valence-corrected chi connectivity index (χ1v) is 10.6. The fourth-order valence-electron chi connectivity index (χ4n) is 3.13. The molecule has 0 radical (unpaired) electrons. The van der Waals surface area contributed by atoms with Crippen molar-refractivity contribution in [2.45, 2.75) is 38.8 Å². The third-order valence-electron chi connectivity index (χ3n) is 4.23. The van der Waals surface area contributed by atoms with Gasteiger partial charge in [-0.15, -0.1) is 0 Å². The van der Waals surface area contributed by atoms with Crippen molar-refractivity contribution >= 4 is 36.1 Å². The van der Waals surface area contributed by atoms with Gasteiger partial charge < -0.3 is 4.43 Å². The smallest absolute Gasteiger partial charge is 0.261 e. The zero-order valence-corrected chi connectivity index (χ0v) is 16.6. The van der Waals surface area contributed by atoms with Crippen LogP contribution in [-0.2, 0) is 4.43 Å². The molecule has 2 aromatic carbocycles. The molecular formula is C20H25NOSSi. The molecule has 0 saturated heterocycles. The summed E-state index contributed by atoms with van der Waals surface area (Å²) in [5.41, 5.74) is 0. The lowest BCUT2D eigenvalue weighted by Gasteiger charge is -2.43. The minimum Gasteiger partial charge on any atom is -0.405 e. The predicted molar refractivity (Wildman–Crippen MR) is 108 cm³/mol. The number of nitrogens with zero attached hydrogens (tertiary/aromatic N) is 1. The third kappa shape index (κ3) is 3.90. The summed E-state index contributed by atoms with van der Waals surface area (Å²) in [6.07, 6.45) is 0. The summed E-state index contributed by atoms with van der Waals surface area (Å²) in [7, 11) is -2.46. The van der Waals surface area contributed by atoms with Gasteiger partial charge in [0.1, 0.15) is 0 Å². The van der Waals surface area contributed by atoms with Crippen LogP contribution in [0.4, 0.5) is 0 Å². The van der Waals surface area contributed by atoms with Gasteiger partial charge in [0, 0.05) is 0 Å². The molecule has 0 aliphatic heterocycles. The van der Waals surface area contributed by atoms with Gasteiger partial charge in [0.05, 0.1) is 17.8 Å². The molecule has 1 atom stereocenters. The fourth-order valence-corrected chi connectivity index (χ4v) is 7.96. The molecule has 0 spiro atoms. The highest BCUT2D eigenvalue weighted by Crippen LogP contribution is 2.36. The van der Waals surface area contributed by atoms with E-state index in [2.05, 4.69) is 91.6 Å². The van der Waals surface area contributed by atoms with Gasteiger partial charge in [-0.25, -0.2) is 4.99 Å². The Morgan fingerprint density at radius 2 is 1.46 bits per heavy atom. The van der Waals surface area contributed by atoms with E-state index in [1.165, 1.54) is 10.4 Å². The summed E-state index contributed by atoms with van der Waals surface area (Å²) in [5.74, 6) is 0. The molecule has 0 unspecified atom stereocenters. The van der Waals surface area contributed by atoms with E-state index in [1.54, 1.807) is 0 Å². The Hall–Kier alpha value is -1.58. The van der Waals surface area contributed by atoms with E-state index in [0.29, 0.717) is 6.61 Å². The molecule has 24 heavy (non-hydrogen) atoms. The third-order valence-corrected chi connectivity index (χ3v) is 9.34. The second-order valence-electron chi connectivity index (χ2n) is 7.04. The first kappa shape index (κ1) is 18.8. The lowest BCUT2D eigenvalue weighted by Crippen LogP contribution is -2.67. The largest absolute Gasteiger partial charge is 0.405 e. The van der Waals surface area contributed by atoms with E-state index in [9.17, 15) is 0 Å². The maximum absolute atomic E-state index is 6.74. The van der Waals surface area contributed by atoms with Gasteiger partial charge in [0.25, 0.3) is 8.32 Å². The van der Waals surface area contributed by atoms with E-state index in [0.717, 1.165) is 0 Å². The average molecular weight is 356 g/mol.